The molecule has 0 radical (unpaired) electrons. The Morgan fingerprint density at radius 2 is 1.71 bits per heavy atom. The van der Waals surface area contributed by atoms with E-state index in [1.54, 1.807) is 6.92 Å². The molecule has 31 heavy (non-hydrogen) atoms. The topological polar surface area (TPSA) is 88.2 Å². The molecule has 2 fully saturated rings. The number of piperidine rings is 2. The van der Waals surface area contributed by atoms with Gasteiger partial charge in [0.1, 0.15) is 11.6 Å². The molecule has 0 aromatic carbocycles. The van der Waals surface area contributed by atoms with E-state index < -0.39 is 11.7 Å². The minimum absolute atomic E-state index is 0.0281. The van der Waals surface area contributed by atoms with Crippen molar-refractivity contribution in [1.29, 1.82) is 0 Å². The number of carbonyl (C=O) groups excluding carboxylic acids is 1. The fraction of sp³-hybridized carbons (Fsp3) is 0.619. The lowest BCUT2D eigenvalue weighted by Crippen LogP contribution is -2.44. The van der Waals surface area contributed by atoms with Crippen LogP contribution >= 0.6 is 0 Å². The normalized spacial score (nSPS) is 19.8. The van der Waals surface area contributed by atoms with Crippen LogP contribution < -0.4 is 5.73 Å². The smallest absolute Gasteiger partial charge is 0.383 e. The fourth-order valence-electron chi connectivity index (χ4n) is 4.63. The summed E-state index contributed by atoms with van der Waals surface area (Å²) in [5, 5.41) is -0.253. The van der Waals surface area contributed by atoms with Crippen LogP contribution in [0.25, 0.3) is 11.0 Å². The van der Waals surface area contributed by atoms with E-state index in [0.29, 0.717) is 31.6 Å². The summed E-state index contributed by atoms with van der Waals surface area (Å²) < 4.78 is 41.3. The van der Waals surface area contributed by atoms with Gasteiger partial charge in [0.25, 0.3) is 0 Å². The van der Waals surface area contributed by atoms with Gasteiger partial charge in [-0.05, 0) is 58.8 Å². The molecule has 0 unspecified atom stereocenters. The minimum atomic E-state index is -4.59. The van der Waals surface area contributed by atoms with Gasteiger partial charge in [-0.1, -0.05) is 0 Å². The van der Waals surface area contributed by atoms with Crippen molar-refractivity contribution < 1.29 is 18.0 Å². The Morgan fingerprint density at radius 1 is 1.06 bits per heavy atom. The van der Waals surface area contributed by atoms with Crippen LogP contribution in [0.4, 0.5) is 19.0 Å². The molecule has 1 amide bonds. The summed E-state index contributed by atoms with van der Waals surface area (Å²) in [6.07, 6.45) is -1.72. The monoisotopic (exact) mass is 436 g/mol. The highest BCUT2D eigenvalue weighted by atomic mass is 19.4. The summed E-state index contributed by atoms with van der Waals surface area (Å²) in [4.78, 5) is 29.3. The molecule has 0 aliphatic carbocycles. The standard InChI is InChI=1S/C21H27F3N6O/c1-12-26-18(25)17-15(21(22,23)24)11-16(28-19(17)27-12)13-5-9-30(10-6-13)20(31)14-3-7-29(2)8-4-14/h11,13-14H,3-10H2,1-2H3,(H2,25,26,27,28). The molecule has 10 heteroatoms. The Kier molecular flexibility index (Phi) is 5.76. The molecule has 0 bridgehead atoms. The predicted octanol–water partition coefficient (Wildman–Crippen LogP) is 2.98. The first-order chi connectivity index (χ1) is 14.6. The van der Waals surface area contributed by atoms with Crippen LogP contribution in [-0.4, -0.2) is 63.9 Å². The molecule has 0 saturated carbocycles. The van der Waals surface area contributed by atoms with E-state index >= 15 is 0 Å². The molecular formula is C21H27F3N6O. The molecule has 2 N–H and O–H groups in total. The van der Waals surface area contributed by atoms with Gasteiger partial charge in [0.15, 0.2) is 5.65 Å². The molecule has 2 aliphatic heterocycles. The number of aryl methyl sites for hydroxylation is 1. The average molecular weight is 436 g/mol. The zero-order valence-electron chi connectivity index (χ0n) is 17.7. The maximum absolute atomic E-state index is 13.8. The predicted molar refractivity (Wildman–Crippen MR) is 110 cm³/mol. The van der Waals surface area contributed by atoms with E-state index in [0.717, 1.165) is 32.0 Å². The van der Waals surface area contributed by atoms with Crippen molar-refractivity contribution in [3.05, 3.63) is 23.1 Å². The van der Waals surface area contributed by atoms with Gasteiger partial charge in [-0.25, -0.2) is 15.0 Å². The molecule has 4 heterocycles. The number of pyridine rings is 1. The van der Waals surface area contributed by atoms with Crippen molar-refractivity contribution in [2.75, 3.05) is 39.0 Å². The molecule has 2 aromatic rings. The van der Waals surface area contributed by atoms with Crippen LogP contribution in [0.1, 0.15) is 48.7 Å². The van der Waals surface area contributed by atoms with E-state index in [9.17, 15) is 18.0 Å². The maximum atomic E-state index is 13.8. The highest BCUT2D eigenvalue weighted by molar-refractivity contribution is 5.89. The number of aromatic nitrogens is 3. The van der Waals surface area contributed by atoms with Crippen molar-refractivity contribution in [3.8, 4) is 0 Å². The lowest BCUT2D eigenvalue weighted by atomic mass is 9.89. The summed E-state index contributed by atoms with van der Waals surface area (Å²) in [6.45, 7) is 4.46. The van der Waals surface area contributed by atoms with Crippen molar-refractivity contribution in [2.45, 2.75) is 44.7 Å². The zero-order valence-corrected chi connectivity index (χ0v) is 17.7. The Morgan fingerprint density at radius 3 is 2.32 bits per heavy atom. The number of anilines is 1. The van der Waals surface area contributed by atoms with Gasteiger partial charge in [0.05, 0.1) is 10.9 Å². The number of nitrogens with zero attached hydrogens (tertiary/aromatic N) is 5. The molecule has 2 saturated heterocycles. The molecule has 7 nitrogen and oxygen atoms in total. The van der Waals surface area contributed by atoms with Gasteiger partial charge < -0.3 is 15.5 Å². The lowest BCUT2D eigenvalue weighted by molar-refractivity contribution is -0.138. The van der Waals surface area contributed by atoms with Crippen molar-refractivity contribution in [3.63, 3.8) is 0 Å². The summed E-state index contributed by atoms with van der Waals surface area (Å²) in [5.74, 6) is 0.119. The Balaban J connectivity index is 1.54. The maximum Gasteiger partial charge on any atom is 0.417 e. The van der Waals surface area contributed by atoms with E-state index in [1.807, 2.05) is 4.90 Å². The lowest BCUT2D eigenvalue weighted by Gasteiger charge is -2.36. The largest absolute Gasteiger partial charge is 0.417 e. The number of likely N-dealkylation sites (tertiary alicyclic amines) is 2. The number of hydrogen-bond donors (Lipinski definition) is 1. The third-order valence-corrected chi connectivity index (χ3v) is 6.42. The quantitative estimate of drug-likeness (QED) is 0.779. The second kappa shape index (κ2) is 8.22. The van der Waals surface area contributed by atoms with Gasteiger partial charge in [-0.15, -0.1) is 0 Å². The first-order valence-electron chi connectivity index (χ1n) is 10.6. The average Bonchev–Trinajstić information content (AvgIpc) is 2.72. The van der Waals surface area contributed by atoms with Gasteiger partial charge in [-0.2, -0.15) is 13.2 Å². The number of nitrogens with two attached hydrogens (primary N) is 1. The first-order valence-corrected chi connectivity index (χ1v) is 10.6. The van der Waals surface area contributed by atoms with Gasteiger partial charge >= 0.3 is 6.18 Å². The van der Waals surface area contributed by atoms with Crippen LogP contribution in [0.15, 0.2) is 6.07 Å². The van der Waals surface area contributed by atoms with Gasteiger partial charge in [0.2, 0.25) is 5.91 Å². The molecule has 4 rings (SSSR count). The molecular weight excluding hydrogens is 409 g/mol. The number of amides is 1. The van der Waals surface area contributed by atoms with Crippen LogP contribution in [-0.2, 0) is 11.0 Å². The fourth-order valence-corrected chi connectivity index (χ4v) is 4.63. The van der Waals surface area contributed by atoms with E-state index in [2.05, 4.69) is 26.9 Å². The zero-order chi connectivity index (χ0) is 22.3. The second-order valence-electron chi connectivity index (χ2n) is 8.62. The number of rotatable bonds is 2. The Bertz CT molecular complexity index is 979. The van der Waals surface area contributed by atoms with Gasteiger partial charge in [0, 0.05) is 30.6 Å². The summed E-state index contributed by atoms with van der Waals surface area (Å²) >= 11 is 0. The van der Waals surface area contributed by atoms with E-state index in [-0.39, 0.29) is 40.4 Å². The van der Waals surface area contributed by atoms with Crippen LogP contribution in [0.3, 0.4) is 0 Å². The van der Waals surface area contributed by atoms with E-state index in [1.165, 1.54) is 0 Å². The van der Waals surface area contributed by atoms with E-state index in [4.69, 9.17) is 5.73 Å². The minimum Gasteiger partial charge on any atom is -0.383 e. The highest BCUT2D eigenvalue weighted by Gasteiger charge is 2.37. The highest BCUT2D eigenvalue weighted by Crippen LogP contribution is 2.39. The van der Waals surface area contributed by atoms with Crippen molar-refractivity contribution in [2.24, 2.45) is 5.92 Å². The number of alkyl halides is 3. The van der Waals surface area contributed by atoms with Gasteiger partial charge in [-0.3, -0.25) is 4.79 Å². The number of carbonyl (C=O) groups is 1. The van der Waals surface area contributed by atoms with Crippen LogP contribution in [0.2, 0.25) is 0 Å². The van der Waals surface area contributed by atoms with Crippen LogP contribution in [0.5, 0.6) is 0 Å². The molecule has 168 valence electrons. The van der Waals surface area contributed by atoms with Crippen molar-refractivity contribution in [1.82, 2.24) is 24.8 Å². The SMILES string of the molecule is Cc1nc(N)c2c(C(F)(F)F)cc(C3CCN(C(=O)C4CCN(C)CC4)CC3)nc2n1. The number of nitrogen functional groups attached to an aromatic ring is 1. The molecule has 2 aromatic heterocycles. The number of halogens is 3. The summed E-state index contributed by atoms with van der Waals surface area (Å²) in [5.41, 5.74) is 5.25. The first kappa shape index (κ1) is 21.7. The molecule has 0 spiro atoms. The molecule has 2 aliphatic rings. The number of hydrogen-bond acceptors (Lipinski definition) is 6. The Hall–Kier alpha value is -2.49. The third kappa shape index (κ3) is 4.44. The van der Waals surface area contributed by atoms with Crippen molar-refractivity contribution >= 4 is 22.8 Å². The number of fused-ring (bicyclic) bond motifs is 1. The summed E-state index contributed by atoms with van der Waals surface area (Å²) in [6, 6.07) is 1.08. The third-order valence-electron chi connectivity index (χ3n) is 6.42. The second-order valence-corrected chi connectivity index (χ2v) is 8.62. The van der Waals surface area contributed by atoms with Crippen LogP contribution in [0, 0.1) is 12.8 Å². The summed E-state index contributed by atoms with van der Waals surface area (Å²) in [7, 11) is 2.05. The molecule has 0 atom stereocenters. The Labute approximate surface area is 178 Å².